The maximum atomic E-state index is 13.0. The number of hydrogen-bond donors (Lipinski definition) is 0. The van der Waals surface area contributed by atoms with Crippen LogP contribution in [0.15, 0.2) is 6.07 Å². The summed E-state index contributed by atoms with van der Waals surface area (Å²) < 4.78 is 5.04. The summed E-state index contributed by atoms with van der Waals surface area (Å²) >= 11 is 0. The van der Waals surface area contributed by atoms with Crippen LogP contribution < -0.4 is 4.90 Å². The van der Waals surface area contributed by atoms with Crippen LogP contribution in [0.25, 0.3) is 0 Å². The summed E-state index contributed by atoms with van der Waals surface area (Å²) in [7, 11) is 0. The topological polar surface area (TPSA) is 78.9 Å². The van der Waals surface area contributed by atoms with Crippen molar-refractivity contribution in [3.8, 4) is 0 Å². The van der Waals surface area contributed by atoms with Crippen LogP contribution in [0.3, 0.4) is 0 Å². The number of piperazine rings is 1. The van der Waals surface area contributed by atoms with Gasteiger partial charge < -0.3 is 19.4 Å². The lowest BCUT2D eigenvalue weighted by Gasteiger charge is -2.38. The Morgan fingerprint density at radius 1 is 1.07 bits per heavy atom. The predicted molar refractivity (Wildman–Crippen MR) is 102 cm³/mol. The Labute approximate surface area is 160 Å². The van der Waals surface area contributed by atoms with E-state index in [1.165, 1.54) is 0 Å². The third kappa shape index (κ3) is 4.67. The number of rotatable bonds is 3. The van der Waals surface area contributed by atoms with Gasteiger partial charge in [-0.15, -0.1) is 0 Å². The van der Waals surface area contributed by atoms with Crippen LogP contribution in [-0.2, 0) is 9.53 Å². The molecule has 2 saturated heterocycles. The van der Waals surface area contributed by atoms with Crippen LogP contribution in [0.5, 0.6) is 0 Å². The molecule has 0 aromatic carbocycles. The van der Waals surface area contributed by atoms with Gasteiger partial charge >= 0.3 is 6.09 Å². The minimum absolute atomic E-state index is 0.0442. The highest BCUT2D eigenvalue weighted by Gasteiger charge is 2.32. The highest BCUT2D eigenvalue weighted by atomic mass is 16.6. The Kier molecular flexibility index (Phi) is 6.13. The second-order valence-electron chi connectivity index (χ2n) is 7.25. The van der Waals surface area contributed by atoms with Gasteiger partial charge in [-0.2, -0.15) is 0 Å². The molecule has 0 saturated carbocycles. The molecule has 0 radical (unpaired) electrons. The summed E-state index contributed by atoms with van der Waals surface area (Å²) in [6.45, 7) is 9.82. The van der Waals surface area contributed by atoms with Gasteiger partial charge in [0.2, 0.25) is 11.9 Å². The second kappa shape index (κ2) is 8.54. The molecule has 2 fully saturated rings. The van der Waals surface area contributed by atoms with Crippen LogP contribution in [-0.4, -0.2) is 77.6 Å². The molecule has 0 unspecified atom stereocenters. The molecule has 0 spiro atoms. The number of aryl methyl sites for hydroxylation is 2. The molecular formula is C19H29N5O3. The van der Waals surface area contributed by atoms with Crippen molar-refractivity contribution in [2.75, 3.05) is 50.8 Å². The maximum absolute atomic E-state index is 13.0. The molecule has 2 amide bonds. The molecule has 2 aliphatic heterocycles. The van der Waals surface area contributed by atoms with Crippen molar-refractivity contribution in [1.29, 1.82) is 0 Å². The van der Waals surface area contributed by atoms with Crippen LogP contribution in [0.4, 0.5) is 10.7 Å². The summed E-state index contributed by atoms with van der Waals surface area (Å²) in [4.78, 5) is 39.6. The molecule has 0 N–H and O–H groups in total. The number of piperidine rings is 1. The van der Waals surface area contributed by atoms with E-state index in [0.29, 0.717) is 39.3 Å². The van der Waals surface area contributed by atoms with E-state index in [0.717, 1.165) is 36.7 Å². The van der Waals surface area contributed by atoms with Gasteiger partial charge in [-0.25, -0.2) is 14.8 Å². The third-order valence-electron chi connectivity index (χ3n) is 5.14. The Bertz CT molecular complexity index is 668. The van der Waals surface area contributed by atoms with Gasteiger partial charge in [0.05, 0.1) is 12.5 Å². The van der Waals surface area contributed by atoms with E-state index in [1.807, 2.05) is 24.8 Å². The largest absolute Gasteiger partial charge is 0.450 e. The fraction of sp³-hybridized carbons (Fsp3) is 0.684. The van der Waals surface area contributed by atoms with E-state index < -0.39 is 0 Å². The van der Waals surface area contributed by atoms with Gasteiger partial charge in [0.15, 0.2) is 0 Å². The van der Waals surface area contributed by atoms with Crippen molar-refractivity contribution in [1.82, 2.24) is 19.8 Å². The summed E-state index contributed by atoms with van der Waals surface area (Å²) in [5.74, 6) is 0.849. The minimum atomic E-state index is -0.291. The number of ether oxygens (including phenoxy) is 1. The van der Waals surface area contributed by atoms with E-state index >= 15 is 0 Å². The molecule has 1 atom stereocenters. The van der Waals surface area contributed by atoms with Gasteiger partial charge in [0.1, 0.15) is 0 Å². The van der Waals surface area contributed by atoms with Crippen molar-refractivity contribution in [3.05, 3.63) is 17.5 Å². The van der Waals surface area contributed by atoms with Crippen molar-refractivity contribution < 1.29 is 14.3 Å². The van der Waals surface area contributed by atoms with Gasteiger partial charge in [-0.05, 0) is 39.7 Å². The van der Waals surface area contributed by atoms with Gasteiger partial charge in [-0.3, -0.25) is 4.79 Å². The number of hydrogen-bond acceptors (Lipinski definition) is 6. The molecule has 3 heterocycles. The first-order valence-electron chi connectivity index (χ1n) is 9.75. The number of aromatic nitrogens is 2. The second-order valence-corrected chi connectivity index (χ2v) is 7.25. The summed E-state index contributed by atoms with van der Waals surface area (Å²) in [6, 6.07) is 1.96. The fourth-order valence-electron chi connectivity index (χ4n) is 3.79. The highest BCUT2D eigenvalue weighted by Crippen LogP contribution is 2.23. The SMILES string of the molecule is CCOC(=O)N1CCN(C(=O)[C@@H]2CCCN(c3nc(C)cc(C)n3)C2)CC1. The number of nitrogens with zero attached hydrogens (tertiary/aromatic N) is 5. The van der Waals surface area contributed by atoms with E-state index in [1.54, 1.807) is 11.8 Å². The monoisotopic (exact) mass is 375 g/mol. The Balaban J connectivity index is 1.58. The molecule has 27 heavy (non-hydrogen) atoms. The zero-order chi connectivity index (χ0) is 19.4. The molecule has 3 rings (SSSR count). The predicted octanol–water partition coefficient (Wildman–Crippen LogP) is 1.61. The van der Waals surface area contributed by atoms with E-state index in [9.17, 15) is 9.59 Å². The first kappa shape index (κ1) is 19.4. The zero-order valence-electron chi connectivity index (χ0n) is 16.5. The standard InChI is InChI=1S/C19H29N5O3/c1-4-27-19(26)23-10-8-22(9-11-23)17(25)16-6-5-7-24(13-16)18-20-14(2)12-15(3)21-18/h12,16H,4-11,13H2,1-3H3/t16-/m1/s1. The van der Waals surface area contributed by atoms with E-state index in [-0.39, 0.29) is 17.9 Å². The highest BCUT2D eigenvalue weighted by molar-refractivity contribution is 5.80. The lowest BCUT2D eigenvalue weighted by Crippen LogP contribution is -2.54. The molecular weight excluding hydrogens is 346 g/mol. The van der Waals surface area contributed by atoms with Crippen LogP contribution in [0.1, 0.15) is 31.2 Å². The van der Waals surface area contributed by atoms with Crippen molar-refractivity contribution in [3.63, 3.8) is 0 Å². The molecule has 1 aromatic rings. The van der Waals surface area contributed by atoms with Gasteiger partial charge in [-0.1, -0.05) is 0 Å². The molecule has 1 aromatic heterocycles. The Morgan fingerprint density at radius 3 is 2.33 bits per heavy atom. The lowest BCUT2D eigenvalue weighted by molar-refractivity contribution is -0.137. The lowest BCUT2D eigenvalue weighted by atomic mass is 9.96. The number of carbonyl (C=O) groups excluding carboxylic acids is 2. The van der Waals surface area contributed by atoms with Gasteiger partial charge in [0, 0.05) is 50.7 Å². The first-order valence-corrected chi connectivity index (χ1v) is 9.75. The van der Waals surface area contributed by atoms with Gasteiger partial charge in [0.25, 0.3) is 0 Å². The molecule has 0 bridgehead atoms. The smallest absolute Gasteiger partial charge is 0.409 e. The molecule has 148 valence electrons. The number of carbonyl (C=O) groups is 2. The summed E-state index contributed by atoms with van der Waals surface area (Å²) in [5.41, 5.74) is 1.89. The maximum Gasteiger partial charge on any atom is 0.409 e. The zero-order valence-corrected chi connectivity index (χ0v) is 16.5. The van der Waals surface area contributed by atoms with E-state index in [2.05, 4.69) is 14.9 Å². The normalized spacial score (nSPS) is 20.6. The van der Waals surface area contributed by atoms with E-state index in [4.69, 9.17) is 4.74 Å². The Hall–Kier alpha value is -2.38. The number of amides is 2. The molecule has 0 aliphatic carbocycles. The summed E-state index contributed by atoms with van der Waals surface area (Å²) in [6.07, 6.45) is 1.55. The first-order chi connectivity index (χ1) is 13.0. The van der Waals surface area contributed by atoms with Crippen LogP contribution >= 0.6 is 0 Å². The molecule has 8 nitrogen and oxygen atoms in total. The molecule has 8 heteroatoms. The number of anilines is 1. The van der Waals surface area contributed by atoms with Crippen LogP contribution in [0.2, 0.25) is 0 Å². The summed E-state index contributed by atoms with van der Waals surface area (Å²) in [5, 5.41) is 0. The third-order valence-corrected chi connectivity index (χ3v) is 5.14. The fourth-order valence-corrected chi connectivity index (χ4v) is 3.79. The average molecular weight is 375 g/mol. The quantitative estimate of drug-likeness (QED) is 0.799. The minimum Gasteiger partial charge on any atom is -0.450 e. The van der Waals surface area contributed by atoms with Crippen molar-refractivity contribution >= 4 is 17.9 Å². The average Bonchev–Trinajstić information content (AvgIpc) is 2.67. The van der Waals surface area contributed by atoms with Crippen molar-refractivity contribution in [2.24, 2.45) is 5.92 Å². The van der Waals surface area contributed by atoms with Crippen molar-refractivity contribution in [2.45, 2.75) is 33.6 Å². The molecule has 2 aliphatic rings. The van der Waals surface area contributed by atoms with Crippen LogP contribution in [0, 0.1) is 19.8 Å². The Morgan fingerprint density at radius 2 is 1.70 bits per heavy atom.